The van der Waals surface area contributed by atoms with E-state index in [9.17, 15) is 4.79 Å². The molecule has 0 saturated carbocycles. The maximum absolute atomic E-state index is 12.3. The third-order valence-corrected chi connectivity index (χ3v) is 4.84. The molecule has 0 bridgehead atoms. The van der Waals surface area contributed by atoms with Crippen LogP contribution in [0.15, 0.2) is 35.3 Å². The Morgan fingerprint density at radius 2 is 2.28 bits per heavy atom. The first-order valence-electron chi connectivity index (χ1n) is 8.33. The average Bonchev–Trinajstić information content (AvgIpc) is 3.19. The van der Waals surface area contributed by atoms with Gasteiger partial charge in [0, 0.05) is 13.1 Å². The molecule has 0 fully saturated rings. The number of fused-ring (bicyclic) bond motifs is 2. The van der Waals surface area contributed by atoms with Crippen molar-refractivity contribution in [2.24, 2.45) is 7.05 Å². The maximum atomic E-state index is 12.3. The lowest BCUT2D eigenvalue weighted by atomic mass is 10.1. The second-order valence-electron chi connectivity index (χ2n) is 6.38. The number of H-pyrrole nitrogens is 1. The Balaban J connectivity index is 1.68. The van der Waals surface area contributed by atoms with Gasteiger partial charge in [-0.1, -0.05) is 30.2 Å². The number of hydrogen-bond donors (Lipinski definition) is 1. The second-order valence-corrected chi connectivity index (χ2v) is 6.38. The highest BCUT2D eigenvalue weighted by Gasteiger charge is 2.27. The molecule has 0 aliphatic heterocycles. The van der Waals surface area contributed by atoms with E-state index in [0.29, 0.717) is 29.9 Å². The molecule has 1 aliphatic rings. The molecule has 3 aromatic rings. The summed E-state index contributed by atoms with van der Waals surface area (Å²) in [4.78, 5) is 21.9. The molecule has 0 amide bonds. The van der Waals surface area contributed by atoms with Gasteiger partial charge < -0.3 is 4.98 Å². The van der Waals surface area contributed by atoms with Crippen molar-refractivity contribution in [2.45, 2.75) is 25.4 Å². The molecule has 126 valence electrons. The lowest BCUT2D eigenvalue weighted by molar-refractivity contribution is 0.208. The summed E-state index contributed by atoms with van der Waals surface area (Å²) in [6.45, 7) is 1.01. The van der Waals surface area contributed by atoms with E-state index in [4.69, 9.17) is 6.42 Å². The molecule has 1 atom stereocenters. The zero-order valence-corrected chi connectivity index (χ0v) is 14.1. The molecule has 6 nitrogen and oxygen atoms in total. The van der Waals surface area contributed by atoms with Gasteiger partial charge in [-0.3, -0.25) is 14.4 Å². The molecule has 2 aromatic heterocycles. The number of rotatable bonds is 4. The van der Waals surface area contributed by atoms with Gasteiger partial charge in [0.1, 0.15) is 11.2 Å². The number of aromatic nitrogens is 4. The predicted molar refractivity (Wildman–Crippen MR) is 95.9 cm³/mol. The van der Waals surface area contributed by atoms with Gasteiger partial charge in [0.05, 0.1) is 19.3 Å². The van der Waals surface area contributed by atoms with E-state index in [1.165, 1.54) is 17.3 Å². The summed E-state index contributed by atoms with van der Waals surface area (Å²) in [5.41, 5.74) is 3.12. The van der Waals surface area contributed by atoms with Gasteiger partial charge in [-0.25, -0.2) is 4.98 Å². The van der Waals surface area contributed by atoms with Gasteiger partial charge in [0.2, 0.25) is 0 Å². The molecule has 2 heterocycles. The van der Waals surface area contributed by atoms with E-state index in [-0.39, 0.29) is 11.6 Å². The van der Waals surface area contributed by atoms with Gasteiger partial charge >= 0.3 is 0 Å². The van der Waals surface area contributed by atoms with Crippen LogP contribution in [0.5, 0.6) is 0 Å². The van der Waals surface area contributed by atoms with Crippen molar-refractivity contribution in [3.05, 3.63) is 57.8 Å². The maximum Gasteiger partial charge on any atom is 0.262 e. The van der Waals surface area contributed by atoms with Gasteiger partial charge in [-0.2, -0.15) is 5.10 Å². The smallest absolute Gasteiger partial charge is 0.262 e. The first-order valence-corrected chi connectivity index (χ1v) is 8.33. The number of terminal acetylenes is 1. The third kappa shape index (κ3) is 2.73. The zero-order valence-electron chi connectivity index (χ0n) is 14.1. The quantitative estimate of drug-likeness (QED) is 0.739. The molecular formula is C19H19N5O. The molecule has 1 aromatic carbocycles. The Bertz CT molecular complexity index is 1030. The van der Waals surface area contributed by atoms with Crippen molar-refractivity contribution in [1.82, 2.24) is 24.6 Å². The predicted octanol–water partition coefficient (Wildman–Crippen LogP) is 1.78. The van der Waals surface area contributed by atoms with Crippen LogP contribution in [0.1, 0.15) is 29.4 Å². The zero-order chi connectivity index (χ0) is 17.4. The molecule has 0 radical (unpaired) electrons. The average molecular weight is 333 g/mol. The monoisotopic (exact) mass is 333 g/mol. The van der Waals surface area contributed by atoms with Gasteiger partial charge in [-0.05, 0) is 24.0 Å². The fourth-order valence-electron chi connectivity index (χ4n) is 3.65. The summed E-state index contributed by atoms with van der Waals surface area (Å²) < 4.78 is 1.62. The van der Waals surface area contributed by atoms with Crippen molar-refractivity contribution in [2.75, 3.05) is 6.54 Å². The second kappa shape index (κ2) is 6.19. The van der Waals surface area contributed by atoms with E-state index in [1.54, 1.807) is 11.7 Å². The van der Waals surface area contributed by atoms with E-state index >= 15 is 0 Å². The minimum absolute atomic E-state index is 0.166. The fraction of sp³-hybridized carbons (Fsp3) is 0.316. The van der Waals surface area contributed by atoms with Crippen molar-refractivity contribution in [1.29, 1.82) is 0 Å². The SMILES string of the molecule is C#CCN(Cc1nc2c(cnn2C)c(=O)[nH]1)[C@@H]1CCc2ccccc21. The third-order valence-electron chi connectivity index (χ3n) is 4.84. The van der Waals surface area contributed by atoms with E-state index in [0.717, 1.165) is 12.8 Å². The Morgan fingerprint density at radius 1 is 1.44 bits per heavy atom. The minimum atomic E-state index is -0.166. The number of nitrogens with one attached hydrogen (secondary N) is 1. The first-order chi connectivity index (χ1) is 12.2. The summed E-state index contributed by atoms with van der Waals surface area (Å²) in [6, 6.07) is 8.72. The topological polar surface area (TPSA) is 66.8 Å². The van der Waals surface area contributed by atoms with Crippen LogP contribution in [0.3, 0.4) is 0 Å². The fourth-order valence-corrected chi connectivity index (χ4v) is 3.65. The number of aryl methyl sites for hydroxylation is 2. The summed E-state index contributed by atoms with van der Waals surface area (Å²) in [7, 11) is 1.78. The number of nitrogens with zero attached hydrogens (tertiary/aromatic N) is 4. The van der Waals surface area contributed by atoms with Crippen LogP contribution in [-0.2, 0) is 20.0 Å². The van der Waals surface area contributed by atoms with Gasteiger partial charge in [0.15, 0.2) is 5.65 Å². The molecule has 0 saturated heterocycles. The number of aromatic amines is 1. The Hall–Kier alpha value is -2.91. The summed E-state index contributed by atoms with van der Waals surface area (Å²) in [6.07, 6.45) is 9.21. The van der Waals surface area contributed by atoms with Crippen LogP contribution < -0.4 is 5.56 Å². The molecule has 4 rings (SSSR count). The van der Waals surface area contributed by atoms with Crippen molar-refractivity contribution in [3.63, 3.8) is 0 Å². The van der Waals surface area contributed by atoms with Gasteiger partial charge in [-0.15, -0.1) is 6.42 Å². The van der Waals surface area contributed by atoms with Crippen LogP contribution in [-0.4, -0.2) is 31.2 Å². The first kappa shape index (κ1) is 15.6. The van der Waals surface area contributed by atoms with Gasteiger partial charge in [0.25, 0.3) is 5.56 Å². The van der Waals surface area contributed by atoms with Crippen LogP contribution >= 0.6 is 0 Å². The summed E-state index contributed by atoms with van der Waals surface area (Å²) in [5, 5.41) is 4.61. The lowest BCUT2D eigenvalue weighted by Gasteiger charge is -2.27. The summed E-state index contributed by atoms with van der Waals surface area (Å²) in [5.74, 6) is 3.35. The highest BCUT2D eigenvalue weighted by Crippen LogP contribution is 2.35. The molecule has 0 spiro atoms. The molecule has 0 unspecified atom stereocenters. The van der Waals surface area contributed by atoms with Crippen LogP contribution in [0.4, 0.5) is 0 Å². The van der Waals surface area contributed by atoms with Crippen LogP contribution in [0, 0.1) is 12.3 Å². The van der Waals surface area contributed by atoms with Crippen molar-refractivity contribution < 1.29 is 0 Å². The Kier molecular flexibility index (Phi) is 3.86. The number of benzene rings is 1. The highest BCUT2D eigenvalue weighted by molar-refractivity contribution is 5.72. The van der Waals surface area contributed by atoms with Crippen LogP contribution in [0.2, 0.25) is 0 Å². The molecule has 1 aliphatic carbocycles. The molecule has 1 N–H and O–H groups in total. The lowest BCUT2D eigenvalue weighted by Crippen LogP contribution is -2.29. The van der Waals surface area contributed by atoms with Crippen LogP contribution in [0.25, 0.3) is 11.0 Å². The molecule has 6 heteroatoms. The molecular weight excluding hydrogens is 314 g/mol. The largest absolute Gasteiger partial charge is 0.309 e. The standard InChI is InChI=1S/C19H19N5O/c1-3-10-24(16-9-8-13-6-4-5-7-14(13)16)12-17-21-18-15(19(25)22-17)11-20-23(18)2/h1,4-7,11,16H,8-10,12H2,2H3,(H,21,22,25)/t16-/m1/s1. The summed E-state index contributed by atoms with van der Waals surface area (Å²) >= 11 is 0. The van der Waals surface area contributed by atoms with Crippen molar-refractivity contribution >= 4 is 11.0 Å². The highest BCUT2D eigenvalue weighted by atomic mass is 16.1. The minimum Gasteiger partial charge on any atom is -0.309 e. The van der Waals surface area contributed by atoms with E-state index < -0.39 is 0 Å². The molecule has 25 heavy (non-hydrogen) atoms. The Morgan fingerprint density at radius 3 is 3.12 bits per heavy atom. The van der Waals surface area contributed by atoms with E-state index in [2.05, 4.69) is 50.2 Å². The Labute approximate surface area is 145 Å². The van der Waals surface area contributed by atoms with E-state index in [1.807, 2.05) is 0 Å². The number of hydrogen-bond acceptors (Lipinski definition) is 4. The normalized spacial score (nSPS) is 16.3. The van der Waals surface area contributed by atoms with Crippen molar-refractivity contribution in [3.8, 4) is 12.3 Å².